The fourth-order valence-corrected chi connectivity index (χ4v) is 5.47. The minimum absolute atomic E-state index is 0.0141. The fraction of sp³-hybridized carbons (Fsp3) is 0.370. The molecule has 2 aromatic heterocycles. The second-order valence-corrected chi connectivity index (χ2v) is 10.6. The van der Waals surface area contributed by atoms with Gasteiger partial charge in [-0.25, -0.2) is 4.99 Å². The summed E-state index contributed by atoms with van der Waals surface area (Å²) in [5.41, 5.74) is 2.94. The highest BCUT2D eigenvalue weighted by atomic mass is 32.1. The molecule has 2 heterocycles. The molecule has 0 saturated heterocycles. The van der Waals surface area contributed by atoms with E-state index in [1.807, 2.05) is 42.5 Å². The van der Waals surface area contributed by atoms with Crippen molar-refractivity contribution in [3.63, 3.8) is 0 Å². The van der Waals surface area contributed by atoms with Gasteiger partial charge >= 0.3 is 0 Å². The van der Waals surface area contributed by atoms with Crippen LogP contribution in [0.3, 0.4) is 0 Å². The summed E-state index contributed by atoms with van der Waals surface area (Å²) in [7, 11) is 0. The molecular weight excluding hydrogens is 446 g/mol. The summed E-state index contributed by atoms with van der Waals surface area (Å²) in [4.78, 5) is 19.3. The first kappa shape index (κ1) is 23.8. The second kappa shape index (κ2) is 10.3. The number of thiophene rings is 1. The quantitative estimate of drug-likeness (QED) is 0.420. The molecule has 176 valence electrons. The van der Waals surface area contributed by atoms with Crippen LogP contribution in [0.15, 0.2) is 52.1 Å². The molecular formula is C27H29N3O3S. The molecule has 1 aliphatic rings. The fourth-order valence-electron chi connectivity index (χ4n) is 4.20. The number of aliphatic imine (C=N–C) groups is 1. The molecule has 7 heteroatoms. The molecule has 0 radical (unpaired) electrons. The number of benzene rings is 1. The van der Waals surface area contributed by atoms with E-state index >= 15 is 0 Å². The van der Waals surface area contributed by atoms with Crippen LogP contribution in [0.4, 0.5) is 5.00 Å². The normalized spacial score (nSPS) is 15.6. The third kappa shape index (κ3) is 5.57. The summed E-state index contributed by atoms with van der Waals surface area (Å²) in [6, 6.07) is 13.0. The minimum atomic E-state index is -0.115. The molecule has 1 N–H and O–H groups in total. The van der Waals surface area contributed by atoms with Crippen molar-refractivity contribution in [2.75, 3.05) is 6.61 Å². The predicted molar refractivity (Wildman–Crippen MR) is 134 cm³/mol. The number of ether oxygens (including phenoxy) is 1. The first-order valence-corrected chi connectivity index (χ1v) is 12.3. The monoisotopic (exact) mass is 475 g/mol. The molecule has 0 spiro atoms. The summed E-state index contributed by atoms with van der Waals surface area (Å²) in [6.07, 6.45) is 6.31. The van der Waals surface area contributed by atoms with Gasteiger partial charge in [0.2, 0.25) is 0 Å². The highest BCUT2D eigenvalue weighted by Crippen LogP contribution is 2.45. The number of amides is 1. The van der Waals surface area contributed by atoms with E-state index in [0.29, 0.717) is 29.5 Å². The molecule has 0 saturated carbocycles. The maximum absolute atomic E-state index is 13.3. The Balaban J connectivity index is 1.60. The van der Waals surface area contributed by atoms with E-state index in [4.69, 9.17) is 19.4 Å². The van der Waals surface area contributed by atoms with Gasteiger partial charge in [0, 0.05) is 11.1 Å². The number of rotatable bonds is 7. The number of fused-ring (bicyclic) bond motifs is 1. The number of nitrogens with zero attached hydrogens (tertiary/aromatic N) is 2. The van der Waals surface area contributed by atoms with Crippen LogP contribution in [-0.2, 0) is 19.4 Å². The van der Waals surface area contributed by atoms with Crippen LogP contribution in [0.1, 0.15) is 59.3 Å². The van der Waals surface area contributed by atoms with Gasteiger partial charge in [-0.05, 0) is 78.1 Å². The number of carbonyl (C=O) groups is 1. The molecule has 0 fully saturated rings. The number of furan rings is 1. The Morgan fingerprint density at radius 2 is 2.12 bits per heavy atom. The number of hydrogen-bond donors (Lipinski definition) is 1. The maximum atomic E-state index is 13.3. The van der Waals surface area contributed by atoms with Crippen molar-refractivity contribution in [1.29, 1.82) is 5.26 Å². The average Bonchev–Trinajstić information content (AvgIpc) is 3.47. The van der Waals surface area contributed by atoms with Gasteiger partial charge in [-0.2, -0.15) is 5.26 Å². The lowest BCUT2D eigenvalue weighted by atomic mass is 9.72. The Hall–Kier alpha value is -3.37. The highest BCUT2D eigenvalue weighted by Gasteiger charge is 2.33. The van der Waals surface area contributed by atoms with Crippen LogP contribution >= 0.6 is 11.3 Å². The molecule has 1 aliphatic carbocycles. The smallest absolute Gasteiger partial charge is 0.255 e. The van der Waals surface area contributed by atoms with E-state index in [0.717, 1.165) is 35.4 Å². The lowest BCUT2D eigenvalue weighted by Crippen LogP contribution is -2.28. The molecule has 0 bridgehead atoms. The molecule has 0 unspecified atom stereocenters. The molecule has 34 heavy (non-hydrogen) atoms. The van der Waals surface area contributed by atoms with Gasteiger partial charge in [0.1, 0.15) is 22.6 Å². The summed E-state index contributed by atoms with van der Waals surface area (Å²) >= 11 is 1.62. The van der Waals surface area contributed by atoms with Gasteiger partial charge in [0.15, 0.2) is 6.61 Å². The number of carbonyl (C=O) groups excluding carboxylic acids is 1. The topological polar surface area (TPSA) is 87.6 Å². The first-order chi connectivity index (χ1) is 16.3. The van der Waals surface area contributed by atoms with Crippen molar-refractivity contribution in [3.8, 4) is 11.8 Å². The Labute approximate surface area is 204 Å². The van der Waals surface area contributed by atoms with Crippen molar-refractivity contribution in [2.45, 2.75) is 46.6 Å². The first-order valence-electron chi connectivity index (χ1n) is 11.4. The Morgan fingerprint density at radius 3 is 2.79 bits per heavy atom. The van der Waals surface area contributed by atoms with Gasteiger partial charge < -0.3 is 14.5 Å². The summed E-state index contributed by atoms with van der Waals surface area (Å²) in [6.45, 7) is 7.22. The highest BCUT2D eigenvalue weighted by molar-refractivity contribution is 7.16. The Bertz CT molecular complexity index is 1200. The van der Waals surface area contributed by atoms with Crippen molar-refractivity contribution in [1.82, 2.24) is 5.32 Å². The van der Waals surface area contributed by atoms with E-state index in [-0.39, 0.29) is 17.9 Å². The van der Waals surface area contributed by atoms with E-state index in [1.54, 1.807) is 23.8 Å². The van der Waals surface area contributed by atoms with Crippen molar-refractivity contribution in [2.24, 2.45) is 16.3 Å². The number of nitrogens with one attached hydrogen (secondary N) is 1. The Morgan fingerprint density at radius 1 is 1.32 bits per heavy atom. The Kier molecular flexibility index (Phi) is 7.18. The van der Waals surface area contributed by atoms with Crippen LogP contribution in [0.25, 0.3) is 0 Å². The lowest BCUT2D eigenvalue weighted by Gasteiger charge is -2.33. The average molecular weight is 476 g/mol. The largest absolute Gasteiger partial charge is 0.479 e. The zero-order chi connectivity index (χ0) is 24.1. The van der Waals surface area contributed by atoms with Crippen molar-refractivity contribution >= 4 is 28.5 Å². The zero-order valence-corrected chi connectivity index (χ0v) is 20.6. The summed E-state index contributed by atoms with van der Waals surface area (Å²) in [5.74, 6) is 1.82. The molecule has 4 rings (SSSR count). The standard InChI is InChI=1S/C27H29N3O3S/c1-27(2,3)19-8-11-22-23(15-19)34-26(24(22)25(31)29-17-21-5-4-13-32-21)30-16-18-6-9-20(10-7-18)33-14-12-28/h4-7,9-10,13,16,19H,8,11,14-15,17H2,1-3H3,(H,29,31)/t19-/m1/s1. The number of hydrogen-bond acceptors (Lipinski definition) is 6. The lowest BCUT2D eigenvalue weighted by molar-refractivity contribution is 0.0947. The predicted octanol–water partition coefficient (Wildman–Crippen LogP) is 6.08. The van der Waals surface area contributed by atoms with E-state index in [1.165, 1.54) is 4.88 Å². The van der Waals surface area contributed by atoms with Crippen LogP contribution in [-0.4, -0.2) is 18.7 Å². The van der Waals surface area contributed by atoms with Crippen molar-refractivity contribution < 1.29 is 13.9 Å². The van der Waals surface area contributed by atoms with Crippen LogP contribution in [0.2, 0.25) is 0 Å². The molecule has 0 aliphatic heterocycles. The molecule has 3 aromatic rings. The third-order valence-corrected chi connectivity index (χ3v) is 7.38. The summed E-state index contributed by atoms with van der Waals surface area (Å²) < 4.78 is 10.7. The molecule has 1 atom stereocenters. The molecule has 6 nitrogen and oxygen atoms in total. The minimum Gasteiger partial charge on any atom is -0.479 e. The van der Waals surface area contributed by atoms with E-state index in [9.17, 15) is 4.79 Å². The molecule has 1 aromatic carbocycles. The maximum Gasteiger partial charge on any atom is 0.255 e. The van der Waals surface area contributed by atoms with Gasteiger partial charge in [0.25, 0.3) is 5.91 Å². The number of nitriles is 1. The molecule has 1 amide bonds. The second-order valence-electron chi connectivity index (χ2n) is 9.53. The zero-order valence-electron chi connectivity index (χ0n) is 19.8. The van der Waals surface area contributed by atoms with Crippen LogP contribution in [0, 0.1) is 22.7 Å². The third-order valence-electron chi connectivity index (χ3n) is 6.22. The van der Waals surface area contributed by atoms with Gasteiger partial charge in [0.05, 0.1) is 18.4 Å². The van der Waals surface area contributed by atoms with Crippen LogP contribution < -0.4 is 10.1 Å². The van der Waals surface area contributed by atoms with Crippen LogP contribution in [0.5, 0.6) is 5.75 Å². The summed E-state index contributed by atoms with van der Waals surface area (Å²) in [5, 5.41) is 12.4. The SMILES string of the molecule is CC(C)(C)[C@@H]1CCc2c(sc(N=Cc3ccc(OCC#N)cc3)c2C(=O)NCc2ccco2)C1. The van der Waals surface area contributed by atoms with E-state index < -0.39 is 0 Å². The van der Waals surface area contributed by atoms with Gasteiger partial charge in [-0.3, -0.25) is 4.79 Å². The van der Waals surface area contributed by atoms with Crippen molar-refractivity contribution in [3.05, 3.63) is 70.0 Å². The van der Waals surface area contributed by atoms with Gasteiger partial charge in [-0.1, -0.05) is 20.8 Å². The van der Waals surface area contributed by atoms with Gasteiger partial charge in [-0.15, -0.1) is 11.3 Å². The van der Waals surface area contributed by atoms with E-state index in [2.05, 4.69) is 26.1 Å².